The van der Waals surface area contributed by atoms with Crippen molar-refractivity contribution in [1.29, 1.82) is 0 Å². The Hall–Kier alpha value is -1.19. The maximum Gasteiger partial charge on any atom is 0.181 e. The summed E-state index contributed by atoms with van der Waals surface area (Å²) in [6, 6.07) is 7.88. The summed E-state index contributed by atoms with van der Waals surface area (Å²) >= 11 is 0. The minimum absolute atomic E-state index is 0.0137. The van der Waals surface area contributed by atoms with Gasteiger partial charge in [-0.3, -0.25) is 9.69 Å². The average Bonchev–Trinajstić information content (AvgIpc) is 2.51. The van der Waals surface area contributed by atoms with Crippen LogP contribution in [0.25, 0.3) is 0 Å². The van der Waals surface area contributed by atoms with E-state index in [4.69, 9.17) is 0 Å². The Balaban J connectivity index is 2.17. The number of likely N-dealkylation sites (N-methyl/N-ethyl adjacent to an activating group) is 2. The molecule has 0 spiro atoms. The van der Waals surface area contributed by atoms with Crippen LogP contribution in [-0.2, 0) is 0 Å². The van der Waals surface area contributed by atoms with E-state index in [1.54, 1.807) is 0 Å². The Kier molecular flexibility index (Phi) is 4.15. The van der Waals surface area contributed by atoms with E-state index in [0.717, 1.165) is 31.6 Å². The van der Waals surface area contributed by atoms with Crippen LogP contribution in [0.5, 0.6) is 0 Å². The minimum atomic E-state index is -0.0137. The Morgan fingerprint density at radius 2 is 1.83 bits per heavy atom. The molecule has 1 aliphatic heterocycles. The third-order valence-corrected chi connectivity index (χ3v) is 3.71. The van der Waals surface area contributed by atoms with Crippen molar-refractivity contribution in [3.8, 4) is 0 Å². The van der Waals surface area contributed by atoms with Gasteiger partial charge >= 0.3 is 0 Å². The highest BCUT2D eigenvalue weighted by Crippen LogP contribution is 2.13. The number of aryl methyl sites for hydroxylation is 1. The summed E-state index contributed by atoms with van der Waals surface area (Å²) < 4.78 is 0. The summed E-state index contributed by atoms with van der Waals surface area (Å²) in [4.78, 5) is 17.0. The number of hydrogen-bond acceptors (Lipinski definition) is 3. The van der Waals surface area contributed by atoms with E-state index in [2.05, 4.69) is 23.9 Å². The second-order valence-corrected chi connectivity index (χ2v) is 5.34. The molecule has 0 bridgehead atoms. The standard InChI is InChI=1S/C15H22N2O/c1-12-5-7-13(8-6-12)15(18)14-11-16(2)9-4-10-17(14)3/h5-8,14H,4,9-11H2,1-3H3. The predicted molar refractivity (Wildman–Crippen MR) is 74.0 cm³/mol. The van der Waals surface area contributed by atoms with Gasteiger partial charge in [-0.1, -0.05) is 29.8 Å². The predicted octanol–water partition coefficient (Wildman–Crippen LogP) is 1.81. The number of carbonyl (C=O) groups excluding carboxylic acids is 1. The third kappa shape index (κ3) is 2.98. The molecule has 0 amide bonds. The summed E-state index contributed by atoms with van der Waals surface area (Å²) in [7, 11) is 4.14. The van der Waals surface area contributed by atoms with Crippen LogP contribution >= 0.6 is 0 Å². The number of benzene rings is 1. The van der Waals surface area contributed by atoms with E-state index in [-0.39, 0.29) is 11.8 Å². The molecule has 1 aromatic carbocycles. The highest BCUT2D eigenvalue weighted by molar-refractivity contribution is 6.00. The first-order valence-electron chi connectivity index (χ1n) is 6.57. The Labute approximate surface area is 109 Å². The van der Waals surface area contributed by atoms with Crippen molar-refractivity contribution in [2.24, 2.45) is 0 Å². The quantitative estimate of drug-likeness (QED) is 0.744. The number of rotatable bonds is 2. The molecule has 0 N–H and O–H groups in total. The average molecular weight is 246 g/mol. The Bertz CT molecular complexity index is 413. The molecule has 0 radical (unpaired) electrons. The van der Waals surface area contributed by atoms with Crippen LogP contribution in [0.4, 0.5) is 0 Å². The third-order valence-electron chi connectivity index (χ3n) is 3.71. The number of Topliss-reactive ketones (excluding diaryl/α,β-unsaturated/α-hetero) is 1. The van der Waals surface area contributed by atoms with Gasteiger partial charge in [-0.05, 0) is 40.5 Å². The minimum Gasteiger partial charge on any atom is -0.304 e. The van der Waals surface area contributed by atoms with Gasteiger partial charge in [0.1, 0.15) is 0 Å². The van der Waals surface area contributed by atoms with Crippen molar-refractivity contribution >= 4 is 5.78 Å². The van der Waals surface area contributed by atoms with Gasteiger partial charge in [0.25, 0.3) is 0 Å². The topological polar surface area (TPSA) is 23.6 Å². The molecular weight excluding hydrogens is 224 g/mol. The fraction of sp³-hybridized carbons (Fsp3) is 0.533. The van der Waals surface area contributed by atoms with Crippen LogP contribution in [0.2, 0.25) is 0 Å². The molecule has 1 aromatic rings. The van der Waals surface area contributed by atoms with E-state index >= 15 is 0 Å². The van der Waals surface area contributed by atoms with Crippen molar-refractivity contribution in [2.45, 2.75) is 19.4 Å². The van der Waals surface area contributed by atoms with E-state index < -0.39 is 0 Å². The highest BCUT2D eigenvalue weighted by Gasteiger charge is 2.27. The zero-order chi connectivity index (χ0) is 13.1. The highest BCUT2D eigenvalue weighted by atomic mass is 16.1. The van der Waals surface area contributed by atoms with Crippen molar-refractivity contribution in [3.05, 3.63) is 35.4 Å². The maximum atomic E-state index is 12.6. The van der Waals surface area contributed by atoms with Gasteiger partial charge in [-0.15, -0.1) is 0 Å². The zero-order valence-electron chi connectivity index (χ0n) is 11.5. The lowest BCUT2D eigenvalue weighted by atomic mass is 10.0. The molecule has 1 saturated heterocycles. The molecule has 0 aromatic heterocycles. The summed E-state index contributed by atoms with van der Waals surface area (Å²) in [5.74, 6) is 0.242. The van der Waals surface area contributed by atoms with Gasteiger partial charge in [0, 0.05) is 12.1 Å². The maximum absolute atomic E-state index is 12.6. The molecule has 1 atom stereocenters. The summed E-state index contributed by atoms with van der Waals surface area (Å²) in [5, 5.41) is 0. The van der Waals surface area contributed by atoms with E-state index in [1.807, 2.05) is 31.2 Å². The normalized spacial score (nSPS) is 22.7. The van der Waals surface area contributed by atoms with Crippen LogP contribution in [0.1, 0.15) is 22.3 Å². The zero-order valence-corrected chi connectivity index (χ0v) is 11.5. The second kappa shape index (κ2) is 5.63. The van der Waals surface area contributed by atoms with Gasteiger partial charge in [0.2, 0.25) is 0 Å². The fourth-order valence-electron chi connectivity index (χ4n) is 2.47. The van der Waals surface area contributed by atoms with Crippen molar-refractivity contribution in [1.82, 2.24) is 9.80 Å². The van der Waals surface area contributed by atoms with Gasteiger partial charge in [-0.25, -0.2) is 0 Å². The van der Waals surface area contributed by atoms with Crippen molar-refractivity contribution in [2.75, 3.05) is 33.7 Å². The van der Waals surface area contributed by atoms with E-state index in [1.165, 1.54) is 5.56 Å². The molecule has 0 saturated carbocycles. The lowest BCUT2D eigenvalue weighted by Crippen LogP contribution is -2.43. The smallest absolute Gasteiger partial charge is 0.181 e. The van der Waals surface area contributed by atoms with E-state index in [0.29, 0.717) is 0 Å². The molecule has 1 heterocycles. The van der Waals surface area contributed by atoms with Crippen LogP contribution in [-0.4, -0.2) is 55.4 Å². The molecule has 2 rings (SSSR count). The molecule has 1 fully saturated rings. The lowest BCUT2D eigenvalue weighted by Gasteiger charge is -2.26. The molecule has 0 aliphatic carbocycles. The summed E-state index contributed by atoms with van der Waals surface area (Å²) in [5.41, 5.74) is 2.02. The van der Waals surface area contributed by atoms with Gasteiger partial charge in [-0.2, -0.15) is 0 Å². The number of hydrogen-bond donors (Lipinski definition) is 0. The number of carbonyl (C=O) groups is 1. The second-order valence-electron chi connectivity index (χ2n) is 5.34. The summed E-state index contributed by atoms with van der Waals surface area (Å²) in [6.45, 7) is 4.93. The van der Waals surface area contributed by atoms with Crippen molar-refractivity contribution in [3.63, 3.8) is 0 Å². The molecule has 1 unspecified atom stereocenters. The molecule has 1 aliphatic rings. The largest absolute Gasteiger partial charge is 0.304 e. The molecular formula is C15H22N2O. The Morgan fingerprint density at radius 1 is 1.17 bits per heavy atom. The first kappa shape index (κ1) is 13.2. The lowest BCUT2D eigenvalue weighted by molar-refractivity contribution is 0.0839. The van der Waals surface area contributed by atoms with Crippen LogP contribution in [0.15, 0.2) is 24.3 Å². The molecule has 18 heavy (non-hydrogen) atoms. The SMILES string of the molecule is Cc1ccc(C(=O)C2CN(C)CCCN2C)cc1. The molecule has 3 nitrogen and oxygen atoms in total. The molecule has 98 valence electrons. The monoisotopic (exact) mass is 246 g/mol. The van der Waals surface area contributed by atoms with Crippen LogP contribution in [0, 0.1) is 6.92 Å². The van der Waals surface area contributed by atoms with E-state index in [9.17, 15) is 4.79 Å². The van der Waals surface area contributed by atoms with Gasteiger partial charge in [0.15, 0.2) is 5.78 Å². The van der Waals surface area contributed by atoms with Gasteiger partial charge in [0.05, 0.1) is 6.04 Å². The summed E-state index contributed by atoms with van der Waals surface area (Å²) in [6.07, 6.45) is 1.13. The van der Waals surface area contributed by atoms with Gasteiger partial charge < -0.3 is 4.90 Å². The Morgan fingerprint density at radius 3 is 2.50 bits per heavy atom. The molecule has 3 heteroatoms. The fourth-order valence-corrected chi connectivity index (χ4v) is 2.47. The first-order chi connectivity index (χ1) is 8.58. The van der Waals surface area contributed by atoms with Crippen LogP contribution in [0.3, 0.4) is 0 Å². The number of nitrogens with zero attached hydrogens (tertiary/aromatic N) is 2. The first-order valence-corrected chi connectivity index (χ1v) is 6.57. The van der Waals surface area contributed by atoms with Crippen molar-refractivity contribution < 1.29 is 4.79 Å². The van der Waals surface area contributed by atoms with Crippen LogP contribution < -0.4 is 0 Å². The number of ketones is 1.